The SMILES string of the molecule is CC1=C(C(=O)OC(C)C)[C@@H](c2ccccc2F)NC(=O)N1. The molecule has 112 valence electrons. The number of nitrogens with one attached hydrogen (secondary N) is 2. The zero-order valence-corrected chi connectivity index (χ0v) is 12.1. The summed E-state index contributed by atoms with van der Waals surface area (Å²) in [6, 6.07) is 4.65. The fourth-order valence-electron chi connectivity index (χ4n) is 2.18. The Morgan fingerprint density at radius 3 is 2.62 bits per heavy atom. The van der Waals surface area contributed by atoms with Crippen LogP contribution in [0.2, 0.25) is 0 Å². The van der Waals surface area contributed by atoms with Crippen molar-refractivity contribution in [2.45, 2.75) is 32.9 Å². The Morgan fingerprint density at radius 2 is 2.00 bits per heavy atom. The van der Waals surface area contributed by atoms with Crippen LogP contribution in [0.25, 0.3) is 0 Å². The predicted octanol–water partition coefficient (Wildman–Crippen LogP) is 2.41. The molecule has 0 bridgehead atoms. The first-order chi connectivity index (χ1) is 9.90. The molecule has 0 fully saturated rings. The molecule has 1 aromatic rings. The van der Waals surface area contributed by atoms with Gasteiger partial charge in [-0.05, 0) is 26.8 Å². The van der Waals surface area contributed by atoms with Crippen LogP contribution in [0.4, 0.5) is 9.18 Å². The number of amides is 2. The number of urea groups is 1. The predicted molar refractivity (Wildman–Crippen MR) is 74.7 cm³/mol. The highest BCUT2D eigenvalue weighted by molar-refractivity contribution is 5.95. The Labute approximate surface area is 122 Å². The normalized spacial score (nSPS) is 18.3. The second-order valence-corrected chi connectivity index (χ2v) is 5.05. The van der Waals surface area contributed by atoms with Gasteiger partial charge in [0, 0.05) is 11.3 Å². The van der Waals surface area contributed by atoms with Crippen LogP contribution in [-0.2, 0) is 9.53 Å². The standard InChI is InChI=1S/C15H17FN2O3/c1-8(2)21-14(19)12-9(3)17-15(20)18-13(12)10-6-4-5-7-11(10)16/h4-8,13H,1-3H3,(H2,17,18,20)/t13-/m1/s1. The van der Waals surface area contributed by atoms with Gasteiger partial charge in [0.25, 0.3) is 0 Å². The molecule has 2 rings (SSSR count). The average molecular weight is 292 g/mol. The van der Waals surface area contributed by atoms with Gasteiger partial charge in [0.1, 0.15) is 5.82 Å². The summed E-state index contributed by atoms with van der Waals surface area (Å²) in [6.07, 6.45) is -0.309. The van der Waals surface area contributed by atoms with Crippen LogP contribution < -0.4 is 10.6 Å². The van der Waals surface area contributed by atoms with Gasteiger partial charge in [-0.15, -0.1) is 0 Å². The topological polar surface area (TPSA) is 67.4 Å². The summed E-state index contributed by atoms with van der Waals surface area (Å²) in [5.74, 6) is -1.07. The van der Waals surface area contributed by atoms with E-state index < -0.39 is 23.9 Å². The van der Waals surface area contributed by atoms with Crippen molar-refractivity contribution >= 4 is 12.0 Å². The van der Waals surface area contributed by atoms with Gasteiger partial charge in [0.2, 0.25) is 0 Å². The van der Waals surface area contributed by atoms with Crippen molar-refractivity contribution in [3.8, 4) is 0 Å². The Kier molecular flexibility index (Phi) is 4.26. The molecule has 1 aromatic carbocycles. The quantitative estimate of drug-likeness (QED) is 0.841. The first-order valence-electron chi connectivity index (χ1n) is 6.64. The summed E-state index contributed by atoms with van der Waals surface area (Å²) in [5.41, 5.74) is 0.786. The number of allylic oxidation sites excluding steroid dienone is 1. The molecule has 0 unspecified atom stereocenters. The van der Waals surface area contributed by atoms with Crippen LogP contribution in [0, 0.1) is 5.82 Å². The third kappa shape index (κ3) is 3.21. The lowest BCUT2D eigenvalue weighted by Gasteiger charge is -2.28. The van der Waals surface area contributed by atoms with Crippen LogP contribution in [0.1, 0.15) is 32.4 Å². The van der Waals surface area contributed by atoms with Gasteiger partial charge in [0.15, 0.2) is 0 Å². The van der Waals surface area contributed by atoms with E-state index in [1.54, 1.807) is 32.9 Å². The second kappa shape index (κ2) is 5.95. The third-order valence-electron chi connectivity index (χ3n) is 3.05. The highest BCUT2D eigenvalue weighted by atomic mass is 19.1. The Balaban J connectivity index is 2.46. The zero-order chi connectivity index (χ0) is 15.6. The van der Waals surface area contributed by atoms with Gasteiger partial charge in [-0.1, -0.05) is 18.2 Å². The number of halogens is 1. The van der Waals surface area contributed by atoms with E-state index in [4.69, 9.17) is 4.74 Å². The first kappa shape index (κ1) is 15.0. The molecule has 0 saturated carbocycles. The number of esters is 1. The maximum atomic E-state index is 14.0. The molecule has 0 saturated heterocycles. The van der Waals surface area contributed by atoms with Crippen LogP contribution in [0.15, 0.2) is 35.5 Å². The molecule has 0 aromatic heterocycles. The maximum Gasteiger partial charge on any atom is 0.338 e. The van der Waals surface area contributed by atoms with Crippen LogP contribution in [0.5, 0.6) is 0 Å². The number of rotatable bonds is 3. The molecule has 0 radical (unpaired) electrons. The summed E-state index contributed by atoms with van der Waals surface area (Å²) in [4.78, 5) is 23.9. The summed E-state index contributed by atoms with van der Waals surface area (Å²) in [5, 5.41) is 5.07. The van der Waals surface area contributed by atoms with Crippen molar-refractivity contribution in [3.63, 3.8) is 0 Å². The Morgan fingerprint density at radius 1 is 1.33 bits per heavy atom. The van der Waals surface area contributed by atoms with Crippen molar-refractivity contribution in [2.75, 3.05) is 0 Å². The number of hydrogen-bond acceptors (Lipinski definition) is 3. The van der Waals surface area contributed by atoms with Crippen molar-refractivity contribution in [1.82, 2.24) is 10.6 Å². The second-order valence-electron chi connectivity index (χ2n) is 5.05. The minimum Gasteiger partial charge on any atom is -0.459 e. The number of benzene rings is 1. The highest BCUT2D eigenvalue weighted by Crippen LogP contribution is 2.29. The molecule has 0 aliphatic carbocycles. The molecule has 1 heterocycles. The lowest BCUT2D eigenvalue weighted by Crippen LogP contribution is -2.45. The summed E-state index contributed by atoms with van der Waals surface area (Å²) in [6.45, 7) is 5.03. The van der Waals surface area contributed by atoms with E-state index in [2.05, 4.69) is 10.6 Å². The van der Waals surface area contributed by atoms with Gasteiger partial charge in [-0.2, -0.15) is 0 Å². The molecule has 2 amide bonds. The zero-order valence-electron chi connectivity index (χ0n) is 12.1. The summed E-state index contributed by atoms with van der Waals surface area (Å²) >= 11 is 0. The Hall–Kier alpha value is -2.37. The van der Waals surface area contributed by atoms with Crippen LogP contribution in [0.3, 0.4) is 0 Å². The summed E-state index contributed by atoms with van der Waals surface area (Å²) < 4.78 is 19.2. The molecule has 5 nitrogen and oxygen atoms in total. The fourth-order valence-corrected chi connectivity index (χ4v) is 2.18. The minimum atomic E-state index is -0.869. The third-order valence-corrected chi connectivity index (χ3v) is 3.05. The number of ether oxygens (including phenoxy) is 1. The molecule has 2 N–H and O–H groups in total. The number of hydrogen-bond donors (Lipinski definition) is 2. The van der Waals surface area contributed by atoms with Crippen molar-refractivity contribution < 1.29 is 18.7 Å². The molecule has 0 spiro atoms. The number of carbonyl (C=O) groups excluding carboxylic acids is 2. The minimum absolute atomic E-state index is 0.202. The van der Waals surface area contributed by atoms with Gasteiger partial charge in [0.05, 0.1) is 17.7 Å². The smallest absolute Gasteiger partial charge is 0.338 e. The van der Waals surface area contributed by atoms with Gasteiger partial charge in [-0.3, -0.25) is 0 Å². The lowest BCUT2D eigenvalue weighted by molar-refractivity contribution is -0.143. The summed E-state index contributed by atoms with van der Waals surface area (Å²) in [7, 11) is 0. The van der Waals surface area contributed by atoms with Gasteiger partial charge in [-0.25, -0.2) is 14.0 Å². The lowest BCUT2D eigenvalue weighted by atomic mass is 9.95. The van der Waals surface area contributed by atoms with Crippen molar-refractivity contribution in [1.29, 1.82) is 0 Å². The highest BCUT2D eigenvalue weighted by Gasteiger charge is 2.33. The van der Waals surface area contributed by atoms with E-state index in [-0.39, 0.29) is 17.2 Å². The maximum absolute atomic E-state index is 14.0. The fraction of sp³-hybridized carbons (Fsp3) is 0.333. The average Bonchev–Trinajstić information content (AvgIpc) is 2.37. The van der Waals surface area contributed by atoms with Gasteiger partial charge < -0.3 is 15.4 Å². The van der Waals surface area contributed by atoms with E-state index >= 15 is 0 Å². The van der Waals surface area contributed by atoms with Crippen LogP contribution in [-0.4, -0.2) is 18.1 Å². The van der Waals surface area contributed by atoms with E-state index in [0.29, 0.717) is 5.70 Å². The van der Waals surface area contributed by atoms with Crippen LogP contribution >= 0.6 is 0 Å². The van der Waals surface area contributed by atoms with E-state index in [1.165, 1.54) is 12.1 Å². The van der Waals surface area contributed by atoms with E-state index in [9.17, 15) is 14.0 Å². The van der Waals surface area contributed by atoms with Gasteiger partial charge >= 0.3 is 12.0 Å². The molecule has 6 heteroatoms. The molecular formula is C15H17FN2O3. The molecule has 21 heavy (non-hydrogen) atoms. The van der Waals surface area contributed by atoms with Crippen molar-refractivity contribution in [2.24, 2.45) is 0 Å². The number of carbonyl (C=O) groups is 2. The van der Waals surface area contributed by atoms with Crippen molar-refractivity contribution in [3.05, 3.63) is 46.9 Å². The first-order valence-corrected chi connectivity index (χ1v) is 6.64. The molecular weight excluding hydrogens is 275 g/mol. The molecule has 1 aliphatic rings. The molecule has 1 aliphatic heterocycles. The molecule has 1 atom stereocenters. The largest absolute Gasteiger partial charge is 0.459 e. The van der Waals surface area contributed by atoms with E-state index in [0.717, 1.165) is 0 Å². The Bertz CT molecular complexity index is 611. The monoisotopic (exact) mass is 292 g/mol. The van der Waals surface area contributed by atoms with E-state index in [1.807, 2.05) is 0 Å².